The van der Waals surface area contributed by atoms with Crippen molar-refractivity contribution in [3.63, 3.8) is 0 Å². The highest BCUT2D eigenvalue weighted by molar-refractivity contribution is 6.32. The number of ether oxygens (including phenoxy) is 1. The molecule has 23 heavy (non-hydrogen) atoms. The smallest absolute Gasteiger partial charge is 0.225 e. The van der Waals surface area contributed by atoms with Gasteiger partial charge in [-0.2, -0.15) is 0 Å². The third-order valence-electron chi connectivity index (χ3n) is 3.35. The predicted octanol–water partition coefficient (Wildman–Crippen LogP) is 3.68. The molecule has 2 aromatic carbocycles. The van der Waals surface area contributed by atoms with Gasteiger partial charge >= 0.3 is 0 Å². The number of nitrogens with one attached hydrogen (secondary N) is 1. The Bertz CT molecular complexity index is 619. The Kier molecular flexibility index (Phi) is 6.91. The van der Waals surface area contributed by atoms with Gasteiger partial charge in [-0.15, -0.1) is 0 Å². The fourth-order valence-electron chi connectivity index (χ4n) is 2.02. The van der Waals surface area contributed by atoms with Gasteiger partial charge in [-0.3, -0.25) is 4.79 Å². The van der Waals surface area contributed by atoms with Gasteiger partial charge in [-0.25, -0.2) is 0 Å². The van der Waals surface area contributed by atoms with Crippen molar-refractivity contribution < 1.29 is 9.53 Å². The topological polar surface area (TPSA) is 41.6 Å². The van der Waals surface area contributed by atoms with Gasteiger partial charge in [-0.1, -0.05) is 41.9 Å². The van der Waals surface area contributed by atoms with E-state index in [9.17, 15) is 4.79 Å². The third kappa shape index (κ3) is 6.30. The van der Waals surface area contributed by atoms with Crippen molar-refractivity contribution in [2.24, 2.45) is 0 Å². The quantitative estimate of drug-likeness (QED) is 0.801. The molecule has 2 aromatic rings. The van der Waals surface area contributed by atoms with Gasteiger partial charge in [0.05, 0.1) is 5.02 Å². The molecule has 0 radical (unpaired) electrons. The van der Waals surface area contributed by atoms with Crippen molar-refractivity contribution >= 4 is 23.2 Å². The molecule has 1 amide bonds. The van der Waals surface area contributed by atoms with E-state index in [4.69, 9.17) is 16.3 Å². The molecule has 0 heterocycles. The zero-order chi connectivity index (χ0) is 16.5. The molecular formula is C18H21ClN2O2. The Morgan fingerprint density at radius 1 is 1.09 bits per heavy atom. The van der Waals surface area contributed by atoms with E-state index >= 15 is 0 Å². The van der Waals surface area contributed by atoms with Crippen LogP contribution in [0.1, 0.15) is 6.42 Å². The predicted molar refractivity (Wildman–Crippen MR) is 94.1 cm³/mol. The van der Waals surface area contributed by atoms with E-state index < -0.39 is 0 Å². The minimum Gasteiger partial charge on any atom is -0.491 e. The zero-order valence-electron chi connectivity index (χ0n) is 13.2. The first kappa shape index (κ1) is 17.3. The van der Waals surface area contributed by atoms with Gasteiger partial charge in [-0.05, 0) is 31.3 Å². The minimum absolute atomic E-state index is 0.00933. The molecule has 2 rings (SSSR count). The number of hydrogen-bond acceptors (Lipinski definition) is 3. The Balaban J connectivity index is 1.64. The van der Waals surface area contributed by atoms with Crippen LogP contribution in [0.5, 0.6) is 5.75 Å². The Morgan fingerprint density at radius 3 is 2.52 bits per heavy atom. The number of nitrogens with zero attached hydrogens (tertiary/aromatic N) is 1. The summed E-state index contributed by atoms with van der Waals surface area (Å²) in [6.07, 6.45) is 0.442. The summed E-state index contributed by atoms with van der Waals surface area (Å²) in [5.74, 6) is 0.694. The van der Waals surface area contributed by atoms with Crippen LogP contribution in [0.3, 0.4) is 0 Å². The van der Waals surface area contributed by atoms with Crippen LogP contribution in [0.25, 0.3) is 0 Å². The summed E-state index contributed by atoms with van der Waals surface area (Å²) in [5.41, 5.74) is 0.821. The van der Waals surface area contributed by atoms with Gasteiger partial charge in [0.1, 0.15) is 12.4 Å². The molecule has 0 saturated carbocycles. The van der Waals surface area contributed by atoms with E-state index in [0.29, 0.717) is 30.3 Å². The summed E-state index contributed by atoms with van der Waals surface area (Å²) < 4.78 is 5.64. The van der Waals surface area contributed by atoms with Gasteiger partial charge in [0.25, 0.3) is 0 Å². The van der Waals surface area contributed by atoms with Crippen molar-refractivity contribution in [1.82, 2.24) is 4.90 Å². The largest absolute Gasteiger partial charge is 0.491 e. The molecular weight excluding hydrogens is 312 g/mol. The van der Waals surface area contributed by atoms with Gasteiger partial charge in [0, 0.05) is 25.2 Å². The summed E-state index contributed by atoms with van der Waals surface area (Å²) in [6.45, 7) is 1.93. The zero-order valence-corrected chi connectivity index (χ0v) is 13.9. The van der Waals surface area contributed by atoms with Crippen LogP contribution in [0.2, 0.25) is 5.02 Å². The van der Waals surface area contributed by atoms with E-state index in [1.807, 2.05) is 55.6 Å². The van der Waals surface area contributed by atoms with Crippen molar-refractivity contribution in [1.29, 1.82) is 0 Å². The molecule has 1 N–H and O–H groups in total. The molecule has 0 aliphatic heterocycles. The highest BCUT2D eigenvalue weighted by atomic mass is 35.5. The van der Waals surface area contributed by atoms with Gasteiger partial charge < -0.3 is 15.0 Å². The van der Waals surface area contributed by atoms with Crippen LogP contribution in [-0.2, 0) is 4.79 Å². The van der Waals surface area contributed by atoms with E-state index in [1.165, 1.54) is 0 Å². The molecule has 0 unspecified atom stereocenters. The summed E-state index contributed by atoms with van der Waals surface area (Å²) in [6, 6.07) is 16.9. The first-order valence-corrected chi connectivity index (χ1v) is 7.94. The first-order valence-electron chi connectivity index (χ1n) is 7.56. The van der Waals surface area contributed by atoms with E-state index in [-0.39, 0.29) is 5.91 Å². The lowest BCUT2D eigenvalue weighted by Crippen LogP contribution is -2.28. The lowest BCUT2D eigenvalue weighted by Gasteiger charge is -2.17. The highest BCUT2D eigenvalue weighted by Crippen LogP contribution is 2.22. The van der Waals surface area contributed by atoms with Crippen LogP contribution in [-0.4, -0.2) is 37.6 Å². The number of halogens is 1. The highest BCUT2D eigenvalue weighted by Gasteiger charge is 2.06. The molecule has 0 atom stereocenters. The van der Waals surface area contributed by atoms with Crippen molar-refractivity contribution in [2.75, 3.05) is 32.1 Å². The minimum atomic E-state index is 0.00933. The average Bonchev–Trinajstić information content (AvgIpc) is 2.56. The molecule has 0 bridgehead atoms. The number of carbonyl (C=O) groups is 1. The summed E-state index contributed by atoms with van der Waals surface area (Å²) in [4.78, 5) is 13.9. The summed E-state index contributed by atoms with van der Waals surface area (Å²) in [7, 11) is 1.96. The average molecular weight is 333 g/mol. The second-order valence-corrected chi connectivity index (χ2v) is 5.65. The number of rotatable bonds is 8. The van der Waals surface area contributed by atoms with Gasteiger partial charge in [0.15, 0.2) is 0 Å². The van der Waals surface area contributed by atoms with Crippen LogP contribution in [0, 0.1) is 0 Å². The molecule has 0 aliphatic rings. The van der Waals surface area contributed by atoms with E-state index in [0.717, 1.165) is 12.2 Å². The maximum atomic E-state index is 11.9. The molecule has 122 valence electrons. The van der Waals surface area contributed by atoms with Gasteiger partial charge in [0.2, 0.25) is 5.91 Å². The van der Waals surface area contributed by atoms with Crippen molar-refractivity contribution in [3.8, 4) is 5.75 Å². The molecule has 0 fully saturated rings. The number of likely N-dealkylation sites (N-methyl/N-ethyl adjacent to an activating group) is 1. The molecule has 5 heteroatoms. The van der Waals surface area contributed by atoms with E-state index in [2.05, 4.69) is 10.2 Å². The maximum Gasteiger partial charge on any atom is 0.225 e. The molecule has 4 nitrogen and oxygen atoms in total. The number of benzene rings is 2. The number of para-hydroxylation sites is 2. The Labute approximate surface area is 142 Å². The van der Waals surface area contributed by atoms with Crippen molar-refractivity contribution in [2.45, 2.75) is 6.42 Å². The number of amides is 1. The summed E-state index contributed by atoms with van der Waals surface area (Å²) >= 11 is 6.03. The SMILES string of the molecule is CN(CCOc1ccccc1Cl)CCC(=O)Nc1ccccc1. The number of anilines is 1. The van der Waals surface area contributed by atoms with Crippen LogP contribution < -0.4 is 10.1 Å². The van der Waals surface area contributed by atoms with Crippen LogP contribution in [0.15, 0.2) is 54.6 Å². The molecule has 0 aromatic heterocycles. The normalized spacial score (nSPS) is 10.6. The fraction of sp³-hybridized carbons (Fsp3) is 0.278. The van der Waals surface area contributed by atoms with Crippen LogP contribution in [0.4, 0.5) is 5.69 Å². The number of carbonyl (C=O) groups excluding carboxylic acids is 1. The lowest BCUT2D eigenvalue weighted by atomic mass is 10.3. The second kappa shape index (κ2) is 9.18. The number of hydrogen-bond donors (Lipinski definition) is 1. The lowest BCUT2D eigenvalue weighted by molar-refractivity contribution is -0.116. The Hall–Kier alpha value is -2.04. The first-order chi connectivity index (χ1) is 11.1. The monoisotopic (exact) mass is 332 g/mol. The maximum absolute atomic E-state index is 11.9. The summed E-state index contributed by atoms with van der Waals surface area (Å²) in [5, 5.41) is 3.48. The van der Waals surface area contributed by atoms with E-state index in [1.54, 1.807) is 6.07 Å². The van der Waals surface area contributed by atoms with Crippen LogP contribution >= 0.6 is 11.6 Å². The third-order valence-corrected chi connectivity index (χ3v) is 3.66. The molecule has 0 saturated heterocycles. The standard InChI is InChI=1S/C18H21ClN2O2/c1-21(13-14-23-17-10-6-5-9-16(17)19)12-11-18(22)20-15-7-3-2-4-8-15/h2-10H,11-14H2,1H3,(H,20,22). The Morgan fingerprint density at radius 2 is 1.78 bits per heavy atom. The fourth-order valence-corrected chi connectivity index (χ4v) is 2.21. The van der Waals surface area contributed by atoms with Crippen molar-refractivity contribution in [3.05, 3.63) is 59.6 Å². The molecule has 0 aliphatic carbocycles. The molecule has 0 spiro atoms. The second-order valence-electron chi connectivity index (χ2n) is 5.25.